The Morgan fingerprint density at radius 2 is 1.64 bits per heavy atom. The molecule has 3 aromatic rings. The molecule has 0 spiro atoms. The van der Waals surface area contributed by atoms with E-state index in [1.807, 2.05) is 0 Å². The molecule has 208 valence electrons. The van der Waals surface area contributed by atoms with E-state index in [0.29, 0.717) is 16.9 Å². The quantitative estimate of drug-likeness (QED) is 0.159. The molecule has 0 unspecified atom stereocenters. The molecular formula is C30H31F4NO4. The van der Waals surface area contributed by atoms with Crippen molar-refractivity contribution in [1.82, 2.24) is 0 Å². The van der Waals surface area contributed by atoms with E-state index in [2.05, 4.69) is 12.2 Å². The van der Waals surface area contributed by atoms with Crippen LogP contribution >= 0.6 is 0 Å². The minimum atomic E-state index is -4.46. The Labute approximate surface area is 224 Å². The highest BCUT2D eigenvalue weighted by Gasteiger charge is 2.30. The number of ether oxygens (including phenoxy) is 1. The number of carbonyl (C=O) groups excluding carboxylic acids is 1. The van der Waals surface area contributed by atoms with E-state index in [-0.39, 0.29) is 43.3 Å². The van der Waals surface area contributed by atoms with Crippen LogP contribution in [-0.4, -0.2) is 29.5 Å². The number of halogens is 4. The third-order valence-electron chi connectivity index (χ3n) is 6.19. The van der Waals surface area contributed by atoms with Crippen molar-refractivity contribution in [2.75, 3.05) is 11.9 Å². The molecule has 3 aromatic carbocycles. The molecule has 0 amide bonds. The number of hydrogen-bond donors (Lipinski definition) is 2. The number of carboxylic acids is 1. The van der Waals surface area contributed by atoms with Crippen molar-refractivity contribution in [3.8, 4) is 16.9 Å². The molecule has 1 atom stereocenters. The third kappa shape index (κ3) is 9.12. The maximum Gasteiger partial charge on any atom is 0.416 e. The predicted octanol–water partition coefficient (Wildman–Crippen LogP) is 8.00. The van der Waals surface area contributed by atoms with Crippen molar-refractivity contribution >= 4 is 17.4 Å². The molecular weight excluding hydrogens is 514 g/mol. The second-order valence-corrected chi connectivity index (χ2v) is 9.26. The fourth-order valence-corrected chi connectivity index (χ4v) is 4.04. The van der Waals surface area contributed by atoms with E-state index in [1.165, 1.54) is 24.3 Å². The number of Topliss-reactive ketones (excluding diaryl/α,β-unsaturated/α-hetero) is 1. The molecule has 2 N–H and O–H groups in total. The SMILES string of the molecule is CCCC[C@@H](COc1ccc(-c2ccc(C(F)(F)F)cc2)c(F)c1)Nc1ccc(C(=O)CCCC(=O)O)cc1. The van der Waals surface area contributed by atoms with Gasteiger partial charge >= 0.3 is 12.1 Å². The van der Waals surface area contributed by atoms with Crippen LogP contribution in [-0.2, 0) is 11.0 Å². The van der Waals surface area contributed by atoms with Crippen molar-refractivity contribution in [1.29, 1.82) is 0 Å². The highest BCUT2D eigenvalue weighted by Crippen LogP contribution is 2.32. The molecule has 0 radical (unpaired) electrons. The van der Waals surface area contributed by atoms with Gasteiger partial charge in [-0.25, -0.2) is 4.39 Å². The zero-order chi connectivity index (χ0) is 28.4. The van der Waals surface area contributed by atoms with Gasteiger partial charge in [0.05, 0.1) is 11.6 Å². The maximum atomic E-state index is 14.8. The van der Waals surface area contributed by atoms with Crippen LogP contribution in [0.15, 0.2) is 66.7 Å². The first-order valence-corrected chi connectivity index (χ1v) is 12.8. The highest BCUT2D eigenvalue weighted by molar-refractivity contribution is 5.96. The summed E-state index contributed by atoms with van der Waals surface area (Å²) in [6, 6.07) is 15.4. The van der Waals surface area contributed by atoms with E-state index in [4.69, 9.17) is 9.84 Å². The van der Waals surface area contributed by atoms with Crippen LogP contribution in [0.4, 0.5) is 23.2 Å². The largest absolute Gasteiger partial charge is 0.491 e. The lowest BCUT2D eigenvalue weighted by molar-refractivity contribution is -0.138. The molecule has 0 aliphatic heterocycles. The average Bonchev–Trinajstić information content (AvgIpc) is 2.90. The Hall–Kier alpha value is -3.88. The van der Waals surface area contributed by atoms with Crippen molar-refractivity contribution in [2.24, 2.45) is 0 Å². The summed E-state index contributed by atoms with van der Waals surface area (Å²) in [6.45, 7) is 2.31. The van der Waals surface area contributed by atoms with Gasteiger partial charge in [-0.1, -0.05) is 31.9 Å². The summed E-state index contributed by atoms with van der Waals surface area (Å²) < 4.78 is 59.1. The summed E-state index contributed by atoms with van der Waals surface area (Å²) in [5, 5.41) is 12.1. The molecule has 3 rings (SSSR count). The molecule has 0 heterocycles. The first-order valence-electron chi connectivity index (χ1n) is 12.8. The molecule has 0 aliphatic rings. The summed E-state index contributed by atoms with van der Waals surface area (Å²) in [5.41, 5.74) is 1.00. The zero-order valence-electron chi connectivity index (χ0n) is 21.6. The van der Waals surface area contributed by atoms with Gasteiger partial charge in [0.25, 0.3) is 0 Å². The third-order valence-corrected chi connectivity index (χ3v) is 6.19. The molecule has 0 aliphatic carbocycles. The van der Waals surface area contributed by atoms with Gasteiger partial charge in [0.2, 0.25) is 0 Å². The number of unbranched alkanes of at least 4 members (excludes halogenated alkanes) is 1. The standard InChI is InChI=1S/C30H31F4NO4/c1-2-3-5-24(35-23-14-10-21(11-15-23)28(36)6-4-7-29(37)38)19-39-25-16-17-26(27(31)18-25)20-8-12-22(13-9-20)30(32,33)34/h8-18,24,35H,2-7,19H2,1H3,(H,37,38)/t24-/m0/s1. The number of rotatable bonds is 14. The van der Waals surface area contributed by atoms with Gasteiger partial charge in [-0.15, -0.1) is 0 Å². The maximum absolute atomic E-state index is 14.8. The van der Waals surface area contributed by atoms with Crippen LogP contribution in [0.25, 0.3) is 11.1 Å². The first-order chi connectivity index (χ1) is 18.6. The van der Waals surface area contributed by atoms with Crippen LogP contribution in [0.5, 0.6) is 5.75 Å². The van der Waals surface area contributed by atoms with E-state index < -0.39 is 23.5 Å². The Bertz CT molecular complexity index is 1240. The highest BCUT2D eigenvalue weighted by atomic mass is 19.4. The summed E-state index contributed by atoms with van der Waals surface area (Å²) in [7, 11) is 0. The number of nitrogens with one attached hydrogen (secondary N) is 1. The van der Waals surface area contributed by atoms with Gasteiger partial charge in [-0.2, -0.15) is 13.2 Å². The smallest absolute Gasteiger partial charge is 0.416 e. The van der Waals surface area contributed by atoms with Crippen LogP contribution in [0.2, 0.25) is 0 Å². The molecule has 0 aromatic heterocycles. The Morgan fingerprint density at radius 1 is 0.949 bits per heavy atom. The summed E-state index contributed by atoms with van der Waals surface area (Å²) in [6.07, 6.45) is -1.36. The van der Waals surface area contributed by atoms with Gasteiger partial charge in [0.1, 0.15) is 18.2 Å². The average molecular weight is 546 g/mol. The van der Waals surface area contributed by atoms with Gasteiger partial charge in [-0.3, -0.25) is 9.59 Å². The molecule has 0 fully saturated rings. The summed E-state index contributed by atoms with van der Waals surface area (Å²) >= 11 is 0. The van der Waals surface area contributed by atoms with Gasteiger partial charge in [0, 0.05) is 35.7 Å². The number of hydrogen-bond acceptors (Lipinski definition) is 4. The lowest BCUT2D eigenvalue weighted by Crippen LogP contribution is -2.27. The number of carboxylic acid groups (broad SMARTS) is 1. The molecule has 39 heavy (non-hydrogen) atoms. The van der Waals surface area contributed by atoms with E-state index in [0.717, 1.165) is 37.1 Å². The van der Waals surface area contributed by atoms with Crippen LogP contribution in [0, 0.1) is 5.82 Å². The van der Waals surface area contributed by atoms with E-state index in [9.17, 15) is 27.2 Å². The van der Waals surface area contributed by atoms with Crippen molar-refractivity contribution in [3.63, 3.8) is 0 Å². The van der Waals surface area contributed by atoms with Gasteiger partial charge in [-0.05, 0) is 66.9 Å². The normalized spacial score (nSPS) is 12.1. The number of ketones is 1. The van der Waals surface area contributed by atoms with Crippen molar-refractivity contribution in [2.45, 2.75) is 57.7 Å². The number of anilines is 1. The van der Waals surface area contributed by atoms with Crippen molar-refractivity contribution < 1.29 is 37.0 Å². The van der Waals surface area contributed by atoms with Crippen LogP contribution in [0.3, 0.4) is 0 Å². The topological polar surface area (TPSA) is 75.6 Å². The van der Waals surface area contributed by atoms with Crippen LogP contribution in [0.1, 0.15) is 61.4 Å². The Morgan fingerprint density at radius 3 is 2.23 bits per heavy atom. The Balaban J connectivity index is 1.61. The Kier molecular flexibility index (Phi) is 10.5. The van der Waals surface area contributed by atoms with Gasteiger partial charge in [0.15, 0.2) is 5.78 Å². The predicted molar refractivity (Wildman–Crippen MR) is 142 cm³/mol. The molecule has 5 nitrogen and oxygen atoms in total. The number of carbonyl (C=O) groups is 2. The van der Waals surface area contributed by atoms with E-state index in [1.54, 1.807) is 30.3 Å². The number of aliphatic carboxylic acids is 1. The molecule has 9 heteroatoms. The minimum Gasteiger partial charge on any atom is -0.491 e. The molecule has 0 saturated heterocycles. The van der Waals surface area contributed by atoms with Crippen LogP contribution < -0.4 is 10.1 Å². The van der Waals surface area contributed by atoms with E-state index >= 15 is 0 Å². The summed E-state index contributed by atoms with van der Waals surface area (Å²) in [4.78, 5) is 22.9. The van der Waals surface area contributed by atoms with Gasteiger partial charge < -0.3 is 15.2 Å². The minimum absolute atomic E-state index is 0.0494. The monoisotopic (exact) mass is 545 g/mol. The lowest BCUT2D eigenvalue weighted by Gasteiger charge is -2.21. The fraction of sp³-hybridized carbons (Fsp3) is 0.333. The second kappa shape index (κ2) is 13.8. The fourth-order valence-electron chi connectivity index (χ4n) is 4.04. The summed E-state index contributed by atoms with van der Waals surface area (Å²) in [5.74, 6) is -1.35. The number of benzene rings is 3. The second-order valence-electron chi connectivity index (χ2n) is 9.26. The lowest BCUT2D eigenvalue weighted by atomic mass is 10.0. The molecule has 0 bridgehead atoms. The molecule has 0 saturated carbocycles. The first kappa shape index (κ1) is 29.7. The number of alkyl halides is 3. The van der Waals surface area contributed by atoms with Crippen molar-refractivity contribution in [3.05, 3.63) is 83.7 Å². The zero-order valence-corrected chi connectivity index (χ0v) is 21.6.